The van der Waals surface area contributed by atoms with E-state index >= 15 is 0 Å². The molecule has 136 valence electrons. The van der Waals surface area contributed by atoms with Gasteiger partial charge in [-0.25, -0.2) is 9.97 Å². The van der Waals surface area contributed by atoms with Crippen LogP contribution >= 0.6 is 11.8 Å². The summed E-state index contributed by atoms with van der Waals surface area (Å²) in [5.41, 5.74) is 5.92. The van der Waals surface area contributed by atoms with Crippen LogP contribution in [0.4, 0.5) is 0 Å². The summed E-state index contributed by atoms with van der Waals surface area (Å²) in [5.74, 6) is 0.585. The van der Waals surface area contributed by atoms with E-state index in [1.54, 1.807) is 34.6 Å². The SMILES string of the molecule is Cc1ccc(C)c(-n2ccnc2SCc2cc(=O)n3cccc(C)c3n2)c1. The molecule has 0 aliphatic rings. The van der Waals surface area contributed by atoms with Crippen LogP contribution < -0.4 is 5.56 Å². The van der Waals surface area contributed by atoms with Gasteiger partial charge in [0.1, 0.15) is 5.65 Å². The van der Waals surface area contributed by atoms with Gasteiger partial charge in [-0.1, -0.05) is 30.0 Å². The molecular formula is C21H20N4OS. The predicted molar refractivity (Wildman–Crippen MR) is 109 cm³/mol. The number of hydrogen-bond acceptors (Lipinski definition) is 4. The summed E-state index contributed by atoms with van der Waals surface area (Å²) in [6, 6.07) is 11.8. The van der Waals surface area contributed by atoms with E-state index in [-0.39, 0.29) is 5.56 Å². The minimum absolute atomic E-state index is 0.0582. The predicted octanol–water partition coefficient (Wildman–Crippen LogP) is 4.10. The fraction of sp³-hybridized carbons (Fsp3) is 0.190. The van der Waals surface area contributed by atoms with E-state index in [9.17, 15) is 4.79 Å². The lowest BCUT2D eigenvalue weighted by Gasteiger charge is -2.11. The second-order valence-corrected chi connectivity index (χ2v) is 7.57. The highest BCUT2D eigenvalue weighted by Gasteiger charge is 2.11. The first-order valence-electron chi connectivity index (χ1n) is 8.74. The second-order valence-electron chi connectivity index (χ2n) is 6.63. The van der Waals surface area contributed by atoms with Gasteiger partial charge in [0, 0.05) is 30.4 Å². The quantitative estimate of drug-likeness (QED) is 0.503. The maximum absolute atomic E-state index is 12.4. The maximum atomic E-state index is 12.4. The van der Waals surface area contributed by atoms with E-state index in [2.05, 4.69) is 46.6 Å². The fourth-order valence-electron chi connectivity index (χ4n) is 3.08. The molecule has 0 aliphatic carbocycles. The number of rotatable bonds is 4. The highest BCUT2D eigenvalue weighted by Crippen LogP contribution is 2.25. The normalized spacial score (nSPS) is 11.2. The van der Waals surface area contributed by atoms with Crippen LogP contribution in [0.2, 0.25) is 0 Å². The third-order valence-corrected chi connectivity index (χ3v) is 5.52. The van der Waals surface area contributed by atoms with Crippen molar-refractivity contribution in [3.05, 3.63) is 87.7 Å². The number of nitrogens with zero attached hydrogens (tertiary/aromatic N) is 4. The molecule has 3 heterocycles. The molecule has 0 saturated carbocycles. The van der Waals surface area contributed by atoms with E-state index in [0.29, 0.717) is 11.4 Å². The van der Waals surface area contributed by atoms with Crippen LogP contribution in [0.1, 0.15) is 22.4 Å². The molecule has 0 bridgehead atoms. The number of imidazole rings is 1. The summed E-state index contributed by atoms with van der Waals surface area (Å²) < 4.78 is 3.67. The average molecular weight is 376 g/mol. The van der Waals surface area contributed by atoms with Crippen LogP contribution in [0, 0.1) is 20.8 Å². The van der Waals surface area contributed by atoms with Crippen molar-refractivity contribution < 1.29 is 0 Å². The molecule has 0 saturated heterocycles. The molecular weight excluding hydrogens is 356 g/mol. The van der Waals surface area contributed by atoms with Gasteiger partial charge in [0.05, 0.1) is 11.4 Å². The van der Waals surface area contributed by atoms with Crippen molar-refractivity contribution in [1.29, 1.82) is 0 Å². The van der Waals surface area contributed by atoms with Gasteiger partial charge in [-0.3, -0.25) is 13.8 Å². The molecule has 0 N–H and O–H groups in total. The molecule has 1 aromatic carbocycles. The molecule has 0 atom stereocenters. The Morgan fingerprint density at radius 2 is 1.89 bits per heavy atom. The van der Waals surface area contributed by atoms with Crippen molar-refractivity contribution in [3.63, 3.8) is 0 Å². The molecule has 0 amide bonds. The smallest absolute Gasteiger partial charge is 0.258 e. The topological polar surface area (TPSA) is 52.2 Å². The zero-order valence-electron chi connectivity index (χ0n) is 15.5. The van der Waals surface area contributed by atoms with Crippen molar-refractivity contribution in [2.75, 3.05) is 0 Å². The molecule has 3 aromatic heterocycles. The van der Waals surface area contributed by atoms with Crippen molar-refractivity contribution >= 4 is 17.4 Å². The molecule has 0 aliphatic heterocycles. The number of pyridine rings is 1. The molecule has 4 aromatic rings. The minimum Gasteiger partial charge on any atom is -0.295 e. The van der Waals surface area contributed by atoms with E-state index in [1.165, 1.54) is 11.1 Å². The van der Waals surface area contributed by atoms with Gasteiger partial charge >= 0.3 is 0 Å². The van der Waals surface area contributed by atoms with Crippen LogP contribution in [0.5, 0.6) is 0 Å². The Bertz CT molecular complexity index is 1190. The third-order valence-electron chi connectivity index (χ3n) is 4.52. The standard InChI is InChI=1S/C21H20N4OS/c1-14-6-7-15(2)18(11-14)24-10-8-22-21(24)27-13-17-12-19(26)25-9-4-5-16(3)20(25)23-17/h4-12H,13H2,1-3H3. The van der Waals surface area contributed by atoms with E-state index in [4.69, 9.17) is 0 Å². The molecule has 0 fully saturated rings. The number of hydrogen-bond donors (Lipinski definition) is 0. The Labute approximate surface area is 161 Å². The maximum Gasteiger partial charge on any atom is 0.258 e. The molecule has 0 spiro atoms. The zero-order valence-corrected chi connectivity index (χ0v) is 16.3. The lowest BCUT2D eigenvalue weighted by atomic mass is 10.1. The summed E-state index contributed by atoms with van der Waals surface area (Å²) >= 11 is 1.58. The highest BCUT2D eigenvalue weighted by atomic mass is 32.2. The summed E-state index contributed by atoms with van der Waals surface area (Å²) in [5, 5.41) is 0.885. The van der Waals surface area contributed by atoms with Gasteiger partial charge < -0.3 is 0 Å². The molecule has 4 rings (SSSR count). The Balaban J connectivity index is 1.65. The van der Waals surface area contributed by atoms with Gasteiger partial charge in [-0.15, -0.1) is 0 Å². The van der Waals surface area contributed by atoms with Crippen molar-refractivity contribution in [2.24, 2.45) is 0 Å². The van der Waals surface area contributed by atoms with E-state index in [0.717, 1.165) is 22.1 Å². The number of aryl methyl sites for hydroxylation is 3. The Kier molecular flexibility index (Phi) is 4.58. The molecule has 5 nitrogen and oxygen atoms in total. The average Bonchev–Trinajstić information content (AvgIpc) is 3.11. The lowest BCUT2D eigenvalue weighted by Crippen LogP contribution is -2.15. The molecule has 0 unspecified atom stereocenters. The van der Waals surface area contributed by atoms with Crippen LogP contribution in [0.15, 0.2) is 64.9 Å². The first-order chi connectivity index (χ1) is 13.0. The van der Waals surface area contributed by atoms with Crippen LogP contribution in [-0.2, 0) is 5.75 Å². The van der Waals surface area contributed by atoms with Gasteiger partial charge in [0.15, 0.2) is 5.16 Å². The largest absolute Gasteiger partial charge is 0.295 e. The fourth-order valence-corrected chi connectivity index (χ4v) is 3.94. The Hall–Kier alpha value is -2.86. The minimum atomic E-state index is -0.0582. The lowest BCUT2D eigenvalue weighted by molar-refractivity contribution is 0.885. The van der Waals surface area contributed by atoms with Crippen molar-refractivity contribution in [1.82, 2.24) is 18.9 Å². The van der Waals surface area contributed by atoms with Gasteiger partial charge in [0.2, 0.25) is 0 Å². The first-order valence-corrected chi connectivity index (χ1v) is 9.73. The summed E-state index contributed by atoms with van der Waals surface area (Å²) in [7, 11) is 0. The summed E-state index contributed by atoms with van der Waals surface area (Å²) in [4.78, 5) is 21.5. The second kappa shape index (κ2) is 7.04. The molecule has 6 heteroatoms. The first kappa shape index (κ1) is 17.5. The van der Waals surface area contributed by atoms with Crippen molar-refractivity contribution in [2.45, 2.75) is 31.7 Å². The molecule has 0 radical (unpaired) electrons. The van der Waals surface area contributed by atoms with Crippen molar-refractivity contribution in [3.8, 4) is 5.69 Å². The number of benzene rings is 1. The van der Waals surface area contributed by atoms with Crippen LogP contribution in [0.25, 0.3) is 11.3 Å². The van der Waals surface area contributed by atoms with Crippen LogP contribution in [-0.4, -0.2) is 18.9 Å². The third kappa shape index (κ3) is 3.40. The number of fused-ring (bicyclic) bond motifs is 1. The monoisotopic (exact) mass is 376 g/mol. The Morgan fingerprint density at radius 1 is 1.04 bits per heavy atom. The van der Waals surface area contributed by atoms with Gasteiger partial charge in [0.25, 0.3) is 5.56 Å². The Morgan fingerprint density at radius 3 is 2.74 bits per heavy atom. The number of thioether (sulfide) groups is 1. The number of aromatic nitrogens is 4. The molecule has 27 heavy (non-hydrogen) atoms. The summed E-state index contributed by atoms with van der Waals surface area (Å²) in [6.45, 7) is 6.14. The summed E-state index contributed by atoms with van der Waals surface area (Å²) in [6.07, 6.45) is 5.52. The van der Waals surface area contributed by atoms with E-state index < -0.39 is 0 Å². The van der Waals surface area contributed by atoms with Gasteiger partial charge in [-0.05, 0) is 49.6 Å². The van der Waals surface area contributed by atoms with E-state index in [1.807, 2.05) is 25.3 Å². The highest BCUT2D eigenvalue weighted by molar-refractivity contribution is 7.98. The van der Waals surface area contributed by atoms with Gasteiger partial charge in [-0.2, -0.15) is 0 Å². The van der Waals surface area contributed by atoms with Crippen LogP contribution in [0.3, 0.4) is 0 Å². The zero-order chi connectivity index (χ0) is 19.0.